The molecule has 0 bridgehead atoms. The molecule has 0 saturated heterocycles. The Morgan fingerprint density at radius 3 is 1.20 bits per heavy atom. The first kappa shape index (κ1) is 26.5. The van der Waals surface area contributed by atoms with E-state index in [2.05, 4.69) is 20.8 Å². The highest BCUT2D eigenvalue weighted by atomic mass is 16.4. The van der Waals surface area contributed by atoms with Gasteiger partial charge in [-0.3, -0.25) is 4.79 Å². The Morgan fingerprint density at radius 1 is 0.720 bits per heavy atom. The standard InChI is InChI=1S/C14H28O2.C5H12O4/c1-6-11-13(7-2,8-3)14(9-4,10-5)12(15)16;6-1-5(2-7,3-8)4-9/h6-11H2,1-5H3,(H,15,16);6-9H,1-4H2. The molecule has 25 heavy (non-hydrogen) atoms. The Labute approximate surface area is 152 Å². The molecule has 0 saturated carbocycles. The highest BCUT2D eigenvalue weighted by Crippen LogP contribution is 2.52. The Hall–Kier alpha value is -0.690. The molecule has 0 aromatic carbocycles. The molecule has 0 aliphatic heterocycles. The fourth-order valence-electron chi connectivity index (χ4n) is 3.83. The minimum atomic E-state index is -1.11. The van der Waals surface area contributed by atoms with Gasteiger partial charge in [0, 0.05) is 0 Å². The number of hydrogen-bond acceptors (Lipinski definition) is 5. The molecule has 0 aliphatic rings. The third kappa shape index (κ3) is 5.91. The molecule has 0 spiro atoms. The van der Waals surface area contributed by atoms with Crippen molar-refractivity contribution in [3.05, 3.63) is 0 Å². The van der Waals surface area contributed by atoms with Crippen molar-refractivity contribution in [2.45, 2.75) is 73.1 Å². The quantitative estimate of drug-likeness (QED) is 0.363. The van der Waals surface area contributed by atoms with E-state index in [0.717, 1.165) is 38.5 Å². The van der Waals surface area contributed by atoms with Crippen LogP contribution in [-0.4, -0.2) is 57.9 Å². The topological polar surface area (TPSA) is 118 Å². The SMILES string of the molecule is CCCC(CC)(CC)C(CC)(CC)C(=O)O.OCC(CO)(CO)CO. The summed E-state index contributed by atoms with van der Waals surface area (Å²) in [6.07, 6.45) is 5.49. The van der Waals surface area contributed by atoms with Gasteiger partial charge in [0.25, 0.3) is 0 Å². The Bertz CT molecular complexity index is 326. The van der Waals surface area contributed by atoms with Crippen molar-refractivity contribution in [1.82, 2.24) is 0 Å². The van der Waals surface area contributed by atoms with Crippen LogP contribution < -0.4 is 0 Å². The van der Waals surface area contributed by atoms with E-state index in [-0.39, 0.29) is 5.41 Å². The minimum Gasteiger partial charge on any atom is -0.481 e. The number of carbonyl (C=O) groups is 1. The van der Waals surface area contributed by atoms with Crippen LogP contribution in [0.2, 0.25) is 0 Å². The lowest BCUT2D eigenvalue weighted by atomic mass is 9.56. The lowest BCUT2D eigenvalue weighted by Crippen LogP contribution is -2.46. The van der Waals surface area contributed by atoms with Gasteiger partial charge in [0.2, 0.25) is 0 Å². The van der Waals surface area contributed by atoms with E-state index >= 15 is 0 Å². The molecule has 5 N–H and O–H groups in total. The first-order chi connectivity index (χ1) is 11.7. The van der Waals surface area contributed by atoms with Gasteiger partial charge < -0.3 is 25.5 Å². The van der Waals surface area contributed by atoms with Gasteiger partial charge in [-0.25, -0.2) is 0 Å². The van der Waals surface area contributed by atoms with E-state index in [1.807, 2.05) is 13.8 Å². The second-order valence-electron chi connectivity index (χ2n) is 6.96. The first-order valence-electron chi connectivity index (χ1n) is 9.41. The Kier molecular flexibility index (Phi) is 13.4. The molecule has 0 atom stereocenters. The van der Waals surface area contributed by atoms with Gasteiger partial charge in [0.1, 0.15) is 0 Å². The Balaban J connectivity index is 0. The van der Waals surface area contributed by atoms with Gasteiger partial charge in [-0.1, -0.05) is 41.0 Å². The summed E-state index contributed by atoms with van der Waals surface area (Å²) < 4.78 is 0. The van der Waals surface area contributed by atoms with Crippen LogP contribution >= 0.6 is 0 Å². The van der Waals surface area contributed by atoms with Gasteiger partial charge in [-0.2, -0.15) is 0 Å². The molecular formula is C19H40O6. The number of carboxylic acids is 1. The zero-order chi connectivity index (χ0) is 20.1. The molecule has 0 unspecified atom stereocenters. The second kappa shape index (κ2) is 12.6. The highest BCUT2D eigenvalue weighted by molar-refractivity contribution is 5.75. The van der Waals surface area contributed by atoms with Crippen molar-refractivity contribution < 1.29 is 30.3 Å². The van der Waals surface area contributed by atoms with E-state index in [4.69, 9.17) is 20.4 Å². The zero-order valence-corrected chi connectivity index (χ0v) is 16.7. The molecule has 0 heterocycles. The highest BCUT2D eigenvalue weighted by Gasteiger charge is 2.51. The maximum Gasteiger partial charge on any atom is 0.310 e. The van der Waals surface area contributed by atoms with Crippen molar-refractivity contribution in [3.63, 3.8) is 0 Å². The van der Waals surface area contributed by atoms with Gasteiger partial charge in [0.15, 0.2) is 0 Å². The summed E-state index contributed by atoms with van der Waals surface area (Å²) in [5.41, 5.74) is -1.68. The average molecular weight is 365 g/mol. The predicted molar refractivity (Wildman–Crippen MR) is 99.4 cm³/mol. The van der Waals surface area contributed by atoms with Crippen LogP contribution in [0.4, 0.5) is 0 Å². The number of aliphatic carboxylic acids is 1. The van der Waals surface area contributed by atoms with Crippen LogP contribution in [0, 0.1) is 16.2 Å². The fourth-order valence-corrected chi connectivity index (χ4v) is 3.83. The summed E-state index contributed by atoms with van der Waals surface area (Å²) in [4.78, 5) is 11.7. The van der Waals surface area contributed by atoms with Crippen molar-refractivity contribution in [1.29, 1.82) is 0 Å². The zero-order valence-electron chi connectivity index (χ0n) is 16.7. The van der Waals surface area contributed by atoms with E-state index in [1.54, 1.807) is 0 Å². The summed E-state index contributed by atoms with van der Waals surface area (Å²) in [6, 6.07) is 0. The largest absolute Gasteiger partial charge is 0.481 e. The van der Waals surface area contributed by atoms with Gasteiger partial charge in [0.05, 0.1) is 37.3 Å². The number of hydrogen-bond donors (Lipinski definition) is 5. The van der Waals surface area contributed by atoms with Crippen molar-refractivity contribution in [2.24, 2.45) is 16.2 Å². The van der Waals surface area contributed by atoms with E-state index < -0.39 is 43.2 Å². The molecule has 6 nitrogen and oxygen atoms in total. The molecule has 0 fully saturated rings. The van der Waals surface area contributed by atoms with Crippen molar-refractivity contribution in [2.75, 3.05) is 26.4 Å². The van der Waals surface area contributed by atoms with Gasteiger partial charge in [-0.05, 0) is 37.5 Å². The molecule has 152 valence electrons. The van der Waals surface area contributed by atoms with Crippen molar-refractivity contribution >= 4 is 5.97 Å². The van der Waals surface area contributed by atoms with E-state index in [0.29, 0.717) is 0 Å². The molecule has 0 amide bonds. The first-order valence-corrected chi connectivity index (χ1v) is 9.41. The fraction of sp³-hybridized carbons (Fsp3) is 0.947. The molecule has 0 radical (unpaired) electrons. The van der Waals surface area contributed by atoms with Crippen molar-refractivity contribution in [3.8, 4) is 0 Å². The summed E-state index contributed by atoms with van der Waals surface area (Å²) >= 11 is 0. The second-order valence-corrected chi connectivity index (χ2v) is 6.96. The van der Waals surface area contributed by atoms with Crippen LogP contribution in [0.15, 0.2) is 0 Å². The molecule has 0 aromatic heterocycles. The number of aliphatic hydroxyl groups excluding tert-OH is 4. The predicted octanol–water partition coefficient (Wildman–Crippen LogP) is 2.43. The van der Waals surface area contributed by atoms with Crippen LogP contribution in [0.3, 0.4) is 0 Å². The monoisotopic (exact) mass is 364 g/mol. The van der Waals surface area contributed by atoms with Gasteiger partial charge in [-0.15, -0.1) is 0 Å². The number of carboxylic acid groups (broad SMARTS) is 1. The van der Waals surface area contributed by atoms with E-state index in [9.17, 15) is 9.90 Å². The summed E-state index contributed by atoms with van der Waals surface area (Å²) in [7, 11) is 0. The molecule has 6 heteroatoms. The van der Waals surface area contributed by atoms with Crippen LogP contribution in [0.25, 0.3) is 0 Å². The third-order valence-corrected chi connectivity index (χ3v) is 6.06. The maximum atomic E-state index is 11.7. The molecule has 0 aliphatic carbocycles. The number of aliphatic hydroxyl groups is 4. The lowest BCUT2D eigenvalue weighted by molar-refractivity contribution is -0.161. The lowest BCUT2D eigenvalue weighted by Gasteiger charge is -2.47. The van der Waals surface area contributed by atoms with Crippen LogP contribution in [0.5, 0.6) is 0 Å². The molecule has 0 aromatic rings. The summed E-state index contributed by atoms with van der Waals surface area (Å²) in [5, 5.41) is 43.6. The third-order valence-electron chi connectivity index (χ3n) is 6.06. The van der Waals surface area contributed by atoms with E-state index in [1.165, 1.54) is 0 Å². The minimum absolute atomic E-state index is 0.0307. The molecular weight excluding hydrogens is 324 g/mol. The Morgan fingerprint density at radius 2 is 1.08 bits per heavy atom. The maximum absolute atomic E-state index is 11.7. The molecule has 0 rings (SSSR count). The summed E-state index contributed by atoms with van der Waals surface area (Å²) in [5.74, 6) is -0.602. The van der Waals surface area contributed by atoms with Gasteiger partial charge >= 0.3 is 5.97 Å². The summed E-state index contributed by atoms with van der Waals surface area (Å²) in [6.45, 7) is 8.85. The van der Waals surface area contributed by atoms with Crippen LogP contribution in [-0.2, 0) is 4.79 Å². The normalized spacial score (nSPS) is 12.5. The van der Waals surface area contributed by atoms with Crippen LogP contribution in [0.1, 0.15) is 73.1 Å². The number of rotatable bonds is 12. The smallest absolute Gasteiger partial charge is 0.310 e. The average Bonchev–Trinajstić information content (AvgIpc) is 2.64.